The second-order valence-corrected chi connectivity index (χ2v) is 6.75. The predicted molar refractivity (Wildman–Crippen MR) is 83.0 cm³/mol. The van der Waals surface area contributed by atoms with Crippen molar-refractivity contribution >= 4 is 16.5 Å². The number of anilines is 1. The minimum absolute atomic E-state index is 0.512. The molecule has 0 saturated carbocycles. The van der Waals surface area contributed by atoms with Crippen LogP contribution in [0.15, 0.2) is 5.38 Å². The lowest BCUT2D eigenvalue weighted by molar-refractivity contribution is 0.372. The van der Waals surface area contributed by atoms with Crippen molar-refractivity contribution in [1.29, 1.82) is 0 Å². The van der Waals surface area contributed by atoms with Crippen LogP contribution in [0.1, 0.15) is 32.4 Å². The van der Waals surface area contributed by atoms with Crippen LogP contribution in [0.4, 0.5) is 5.13 Å². The van der Waals surface area contributed by atoms with E-state index >= 15 is 0 Å². The lowest BCUT2D eigenvalue weighted by Gasteiger charge is -2.26. The molecule has 0 amide bonds. The van der Waals surface area contributed by atoms with Gasteiger partial charge in [0.1, 0.15) is 0 Å². The fourth-order valence-electron chi connectivity index (χ4n) is 2.52. The SMILES string of the molecule is CC(C)NCc1csc(N2CCCC2CN(C)C)n1. The van der Waals surface area contributed by atoms with Gasteiger partial charge in [-0.2, -0.15) is 0 Å². The maximum atomic E-state index is 4.79. The van der Waals surface area contributed by atoms with Gasteiger partial charge in [-0.15, -0.1) is 11.3 Å². The first-order valence-electron chi connectivity index (χ1n) is 7.15. The molecule has 0 aliphatic carbocycles. The summed E-state index contributed by atoms with van der Waals surface area (Å²) in [5.74, 6) is 0. The van der Waals surface area contributed by atoms with Crippen LogP contribution in [0, 0.1) is 0 Å². The van der Waals surface area contributed by atoms with Gasteiger partial charge in [0.15, 0.2) is 5.13 Å². The van der Waals surface area contributed by atoms with Crippen LogP contribution >= 0.6 is 11.3 Å². The molecule has 19 heavy (non-hydrogen) atoms. The Hall–Kier alpha value is -0.650. The van der Waals surface area contributed by atoms with Gasteiger partial charge in [0.2, 0.25) is 0 Å². The Bertz CT molecular complexity index is 389. The quantitative estimate of drug-likeness (QED) is 0.866. The Labute approximate surface area is 120 Å². The number of hydrogen-bond donors (Lipinski definition) is 1. The fraction of sp³-hybridized carbons (Fsp3) is 0.786. The molecule has 0 bridgehead atoms. The smallest absolute Gasteiger partial charge is 0.185 e. The highest BCUT2D eigenvalue weighted by Crippen LogP contribution is 2.28. The van der Waals surface area contributed by atoms with Crippen LogP contribution in [0.2, 0.25) is 0 Å². The Balaban J connectivity index is 1.97. The Morgan fingerprint density at radius 1 is 1.53 bits per heavy atom. The van der Waals surface area contributed by atoms with Crippen molar-refractivity contribution < 1.29 is 0 Å². The van der Waals surface area contributed by atoms with E-state index in [9.17, 15) is 0 Å². The molecular formula is C14H26N4S. The Morgan fingerprint density at radius 2 is 2.32 bits per heavy atom. The Kier molecular flexibility index (Phi) is 5.19. The molecule has 2 heterocycles. The minimum Gasteiger partial charge on any atom is -0.344 e. The number of nitrogens with zero attached hydrogens (tertiary/aromatic N) is 3. The first kappa shape index (κ1) is 14.8. The lowest BCUT2D eigenvalue weighted by Crippen LogP contribution is -2.37. The molecule has 1 saturated heterocycles. The standard InChI is InChI=1S/C14H26N4S/c1-11(2)15-8-12-10-19-14(16-12)18-7-5-6-13(18)9-17(3)4/h10-11,13,15H,5-9H2,1-4H3. The van der Waals surface area contributed by atoms with Gasteiger partial charge in [-0.05, 0) is 26.9 Å². The lowest BCUT2D eigenvalue weighted by atomic mass is 10.2. The average molecular weight is 282 g/mol. The zero-order chi connectivity index (χ0) is 13.8. The third-order valence-electron chi connectivity index (χ3n) is 3.43. The Morgan fingerprint density at radius 3 is 3.00 bits per heavy atom. The molecule has 1 aromatic heterocycles. The summed E-state index contributed by atoms with van der Waals surface area (Å²) in [7, 11) is 4.30. The fourth-order valence-corrected chi connectivity index (χ4v) is 3.44. The van der Waals surface area contributed by atoms with Crippen molar-refractivity contribution in [3.8, 4) is 0 Å². The molecule has 0 aromatic carbocycles. The first-order valence-corrected chi connectivity index (χ1v) is 8.03. The van der Waals surface area contributed by atoms with E-state index in [0.717, 1.165) is 19.6 Å². The molecule has 1 aliphatic heterocycles. The van der Waals surface area contributed by atoms with Crippen LogP contribution in [0.5, 0.6) is 0 Å². The van der Waals surface area contributed by atoms with Gasteiger partial charge < -0.3 is 15.1 Å². The number of likely N-dealkylation sites (N-methyl/N-ethyl adjacent to an activating group) is 1. The summed E-state index contributed by atoms with van der Waals surface area (Å²) in [6.07, 6.45) is 2.58. The van der Waals surface area contributed by atoms with Crippen LogP contribution in [-0.4, -0.2) is 49.2 Å². The summed E-state index contributed by atoms with van der Waals surface area (Å²) >= 11 is 1.79. The molecule has 1 aliphatic rings. The molecule has 4 nitrogen and oxygen atoms in total. The van der Waals surface area contributed by atoms with Crippen LogP contribution in [-0.2, 0) is 6.54 Å². The maximum absolute atomic E-state index is 4.79. The van der Waals surface area contributed by atoms with Crippen molar-refractivity contribution in [2.75, 3.05) is 32.1 Å². The molecule has 108 valence electrons. The van der Waals surface area contributed by atoms with Crippen molar-refractivity contribution in [3.63, 3.8) is 0 Å². The van der Waals surface area contributed by atoms with Gasteiger partial charge in [0.25, 0.3) is 0 Å². The average Bonchev–Trinajstić information content (AvgIpc) is 2.93. The monoisotopic (exact) mass is 282 g/mol. The summed E-state index contributed by atoms with van der Waals surface area (Å²) in [6, 6.07) is 1.14. The molecule has 1 N–H and O–H groups in total. The number of rotatable bonds is 6. The number of hydrogen-bond acceptors (Lipinski definition) is 5. The van der Waals surface area contributed by atoms with Crippen LogP contribution in [0.3, 0.4) is 0 Å². The first-order chi connectivity index (χ1) is 9.06. The van der Waals surface area contributed by atoms with E-state index in [-0.39, 0.29) is 0 Å². The zero-order valence-electron chi connectivity index (χ0n) is 12.5. The van der Waals surface area contributed by atoms with Gasteiger partial charge in [-0.1, -0.05) is 13.8 Å². The van der Waals surface area contributed by atoms with E-state index in [2.05, 4.69) is 48.4 Å². The second-order valence-electron chi connectivity index (χ2n) is 5.91. The number of thiazole rings is 1. The molecule has 1 atom stereocenters. The zero-order valence-corrected chi connectivity index (χ0v) is 13.3. The van der Waals surface area contributed by atoms with Gasteiger partial charge in [-0.3, -0.25) is 0 Å². The topological polar surface area (TPSA) is 31.4 Å². The third-order valence-corrected chi connectivity index (χ3v) is 4.36. The molecule has 0 spiro atoms. The minimum atomic E-state index is 0.512. The largest absolute Gasteiger partial charge is 0.344 e. The summed E-state index contributed by atoms with van der Waals surface area (Å²) in [6.45, 7) is 7.49. The molecular weight excluding hydrogens is 256 g/mol. The van der Waals surface area contributed by atoms with Gasteiger partial charge in [-0.25, -0.2) is 4.98 Å². The maximum Gasteiger partial charge on any atom is 0.185 e. The molecule has 0 radical (unpaired) electrons. The second kappa shape index (κ2) is 6.68. The van der Waals surface area contributed by atoms with Crippen molar-refractivity contribution in [1.82, 2.24) is 15.2 Å². The van der Waals surface area contributed by atoms with E-state index in [1.165, 1.54) is 23.7 Å². The molecule has 1 aromatic rings. The highest BCUT2D eigenvalue weighted by atomic mass is 32.1. The van der Waals surface area contributed by atoms with Crippen molar-refractivity contribution in [2.24, 2.45) is 0 Å². The normalized spacial score (nSPS) is 19.9. The van der Waals surface area contributed by atoms with Crippen LogP contribution in [0.25, 0.3) is 0 Å². The summed E-state index contributed by atoms with van der Waals surface area (Å²) in [5, 5.41) is 6.82. The van der Waals surface area contributed by atoms with E-state index in [0.29, 0.717) is 12.1 Å². The van der Waals surface area contributed by atoms with E-state index in [1.54, 1.807) is 11.3 Å². The van der Waals surface area contributed by atoms with Crippen molar-refractivity contribution in [3.05, 3.63) is 11.1 Å². The van der Waals surface area contributed by atoms with Crippen LogP contribution < -0.4 is 10.2 Å². The number of aromatic nitrogens is 1. The van der Waals surface area contributed by atoms with E-state index in [1.807, 2.05) is 0 Å². The molecule has 1 unspecified atom stereocenters. The van der Waals surface area contributed by atoms with E-state index < -0.39 is 0 Å². The molecule has 1 fully saturated rings. The third kappa shape index (κ3) is 4.16. The van der Waals surface area contributed by atoms with Gasteiger partial charge >= 0.3 is 0 Å². The summed E-state index contributed by atoms with van der Waals surface area (Å²) in [5.41, 5.74) is 1.17. The number of nitrogens with one attached hydrogen (secondary N) is 1. The van der Waals surface area contributed by atoms with Gasteiger partial charge in [0.05, 0.1) is 5.69 Å². The van der Waals surface area contributed by atoms with Crippen molar-refractivity contribution in [2.45, 2.75) is 45.3 Å². The summed E-state index contributed by atoms with van der Waals surface area (Å²) in [4.78, 5) is 9.55. The molecule has 5 heteroatoms. The van der Waals surface area contributed by atoms with E-state index in [4.69, 9.17) is 4.98 Å². The molecule has 2 rings (SSSR count). The summed E-state index contributed by atoms with van der Waals surface area (Å²) < 4.78 is 0. The highest BCUT2D eigenvalue weighted by Gasteiger charge is 2.27. The predicted octanol–water partition coefficient (Wildman–Crippen LogP) is 2.17. The van der Waals surface area contributed by atoms with Gasteiger partial charge in [0, 0.05) is 37.1 Å². The highest BCUT2D eigenvalue weighted by molar-refractivity contribution is 7.13.